The highest BCUT2D eigenvalue weighted by atomic mass is 35.5. The number of aryl methyl sites for hydroxylation is 1. The highest BCUT2D eigenvalue weighted by Crippen LogP contribution is 2.34. The zero-order valence-electron chi connectivity index (χ0n) is 17.6. The first-order valence-electron chi connectivity index (χ1n) is 10.2. The molecule has 31 heavy (non-hydrogen) atoms. The van der Waals surface area contributed by atoms with Crippen molar-refractivity contribution in [2.24, 2.45) is 0 Å². The summed E-state index contributed by atoms with van der Waals surface area (Å²) in [7, 11) is 1.62. The first kappa shape index (κ1) is 23.7. The molecular formula is C25H26Cl3NO2. The van der Waals surface area contributed by atoms with Crippen LogP contribution in [0.1, 0.15) is 30.0 Å². The quantitative estimate of drug-likeness (QED) is 0.330. The normalized spacial score (nSPS) is 11.9. The Balaban J connectivity index is 1.58. The summed E-state index contributed by atoms with van der Waals surface area (Å²) >= 11 is 18.6. The Morgan fingerprint density at radius 3 is 2.32 bits per heavy atom. The largest absolute Gasteiger partial charge is 0.493 e. The van der Waals surface area contributed by atoms with Gasteiger partial charge in [0.25, 0.3) is 0 Å². The summed E-state index contributed by atoms with van der Waals surface area (Å²) in [5.74, 6) is 1.22. The Kier molecular flexibility index (Phi) is 8.91. The molecule has 0 spiro atoms. The van der Waals surface area contributed by atoms with Crippen LogP contribution in [0.4, 0.5) is 0 Å². The third-order valence-electron chi connectivity index (χ3n) is 5.06. The molecule has 0 heterocycles. The van der Waals surface area contributed by atoms with Crippen LogP contribution >= 0.6 is 34.8 Å². The van der Waals surface area contributed by atoms with Crippen LogP contribution in [0, 0.1) is 0 Å². The van der Waals surface area contributed by atoms with Crippen LogP contribution in [-0.2, 0) is 19.6 Å². The molecule has 0 aromatic heterocycles. The van der Waals surface area contributed by atoms with Gasteiger partial charge in [-0.3, -0.25) is 0 Å². The van der Waals surface area contributed by atoms with Crippen molar-refractivity contribution in [3.8, 4) is 11.5 Å². The Bertz CT molecular complexity index is 996. The van der Waals surface area contributed by atoms with Gasteiger partial charge in [0.05, 0.1) is 17.2 Å². The van der Waals surface area contributed by atoms with E-state index in [0.717, 1.165) is 24.0 Å². The maximum Gasteiger partial charge on any atom is 0.163 e. The third-order valence-corrected chi connectivity index (χ3v) is 6.15. The Hall–Kier alpha value is -1.91. The number of benzene rings is 3. The van der Waals surface area contributed by atoms with Crippen molar-refractivity contribution in [2.45, 2.75) is 39.0 Å². The van der Waals surface area contributed by atoms with Gasteiger partial charge in [-0.2, -0.15) is 0 Å². The lowest BCUT2D eigenvalue weighted by Gasteiger charge is -2.17. The molecular weight excluding hydrogens is 453 g/mol. The SMILES string of the molecule is COc1cc(CNC(C)CCc2ccccc2)c(Cl)cc1OCc1ccc(Cl)c(Cl)c1. The first-order chi connectivity index (χ1) is 15.0. The smallest absolute Gasteiger partial charge is 0.163 e. The number of rotatable bonds is 10. The van der Waals surface area contributed by atoms with Gasteiger partial charge in [-0.1, -0.05) is 71.2 Å². The second kappa shape index (κ2) is 11.6. The summed E-state index contributed by atoms with van der Waals surface area (Å²) in [5, 5.41) is 5.18. The van der Waals surface area contributed by atoms with Gasteiger partial charge in [0, 0.05) is 23.7 Å². The van der Waals surface area contributed by atoms with Gasteiger partial charge in [0.15, 0.2) is 11.5 Å². The second-order valence-electron chi connectivity index (χ2n) is 7.44. The molecule has 0 aliphatic heterocycles. The maximum atomic E-state index is 6.53. The molecule has 0 saturated carbocycles. The molecule has 0 aliphatic rings. The second-order valence-corrected chi connectivity index (χ2v) is 8.66. The van der Waals surface area contributed by atoms with E-state index >= 15 is 0 Å². The van der Waals surface area contributed by atoms with Gasteiger partial charge in [0.2, 0.25) is 0 Å². The van der Waals surface area contributed by atoms with Gasteiger partial charge < -0.3 is 14.8 Å². The molecule has 0 saturated heterocycles. The van der Waals surface area contributed by atoms with E-state index in [4.69, 9.17) is 44.3 Å². The van der Waals surface area contributed by atoms with Gasteiger partial charge in [-0.05, 0) is 54.7 Å². The van der Waals surface area contributed by atoms with E-state index in [1.54, 1.807) is 25.3 Å². The lowest BCUT2D eigenvalue weighted by Crippen LogP contribution is -2.26. The number of hydrogen-bond acceptors (Lipinski definition) is 3. The van der Waals surface area contributed by atoms with E-state index in [9.17, 15) is 0 Å². The number of hydrogen-bond donors (Lipinski definition) is 1. The number of methoxy groups -OCH3 is 1. The Morgan fingerprint density at radius 2 is 1.61 bits per heavy atom. The molecule has 6 heteroatoms. The molecule has 0 amide bonds. The lowest BCUT2D eigenvalue weighted by atomic mass is 10.1. The fraction of sp³-hybridized carbons (Fsp3) is 0.280. The summed E-state index contributed by atoms with van der Waals surface area (Å²) < 4.78 is 11.5. The molecule has 164 valence electrons. The minimum absolute atomic E-state index is 0.331. The van der Waals surface area contributed by atoms with Crippen molar-refractivity contribution in [1.82, 2.24) is 5.32 Å². The molecule has 3 aromatic rings. The molecule has 3 rings (SSSR count). The topological polar surface area (TPSA) is 30.5 Å². The van der Waals surface area contributed by atoms with Crippen LogP contribution in [0.5, 0.6) is 11.5 Å². The van der Waals surface area contributed by atoms with E-state index in [2.05, 4.69) is 36.5 Å². The van der Waals surface area contributed by atoms with Gasteiger partial charge >= 0.3 is 0 Å². The van der Waals surface area contributed by atoms with Crippen LogP contribution in [0.3, 0.4) is 0 Å². The van der Waals surface area contributed by atoms with Crippen LogP contribution in [-0.4, -0.2) is 13.2 Å². The molecule has 3 aromatic carbocycles. The van der Waals surface area contributed by atoms with Gasteiger partial charge in [-0.25, -0.2) is 0 Å². The monoisotopic (exact) mass is 477 g/mol. The molecule has 1 atom stereocenters. The highest BCUT2D eigenvalue weighted by molar-refractivity contribution is 6.42. The van der Waals surface area contributed by atoms with Gasteiger partial charge in [0.1, 0.15) is 6.61 Å². The molecule has 0 aliphatic carbocycles. The van der Waals surface area contributed by atoms with Crippen molar-refractivity contribution in [3.63, 3.8) is 0 Å². The van der Waals surface area contributed by atoms with Crippen LogP contribution in [0.15, 0.2) is 60.7 Å². The summed E-state index contributed by atoms with van der Waals surface area (Å²) in [4.78, 5) is 0. The van der Waals surface area contributed by atoms with Gasteiger partial charge in [-0.15, -0.1) is 0 Å². The average Bonchev–Trinajstić information content (AvgIpc) is 2.78. The fourth-order valence-electron chi connectivity index (χ4n) is 3.19. The summed E-state index contributed by atoms with van der Waals surface area (Å²) in [6.45, 7) is 3.17. The molecule has 0 fully saturated rings. The van der Waals surface area contributed by atoms with Crippen molar-refractivity contribution >= 4 is 34.8 Å². The zero-order chi connectivity index (χ0) is 22.2. The Morgan fingerprint density at radius 1 is 0.839 bits per heavy atom. The predicted octanol–water partition coefficient (Wildman–Crippen LogP) is 7.35. The van der Waals surface area contributed by atoms with Crippen molar-refractivity contribution in [1.29, 1.82) is 0 Å². The molecule has 1 unspecified atom stereocenters. The molecule has 3 nitrogen and oxygen atoms in total. The molecule has 0 bridgehead atoms. The maximum absolute atomic E-state index is 6.53. The van der Waals surface area contributed by atoms with E-state index in [0.29, 0.717) is 45.8 Å². The van der Waals surface area contributed by atoms with Crippen LogP contribution in [0.2, 0.25) is 15.1 Å². The number of ether oxygens (including phenoxy) is 2. The minimum Gasteiger partial charge on any atom is -0.493 e. The Labute approximate surface area is 199 Å². The molecule has 1 N–H and O–H groups in total. The van der Waals surface area contributed by atoms with E-state index in [1.165, 1.54) is 5.56 Å². The minimum atomic E-state index is 0.331. The highest BCUT2D eigenvalue weighted by Gasteiger charge is 2.12. The summed E-state index contributed by atoms with van der Waals surface area (Å²) in [6.07, 6.45) is 2.08. The lowest BCUT2D eigenvalue weighted by molar-refractivity contribution is 0.284. The summed E-state index contributed by atoms with van der Waals surface area (Å²) in [5.41, 5.74) is 3.22. The van der Waals surface area contributed by atoms with Crippen molar-refractivity contribution < 1.29 is 9.47 Å². The standard InChI is InChI=1S/C25H26Cl3NO2/c1-17(8-9-18-6-4-3-5-7-18)29-15-20-13-24(30-2)25(14-22(20)27)31-16-19-10-11-21(26)23(28)12-19/h3-7,10-14,17,29H,8-9,15-16H2,1-2H3. The third kappa shape index (κ3) is 7.05. The van der Waals surface area contributed by atoms with E-state index in [1.807, 2.05) is 18.2 Å². The average molecular weight is 479 g/mol. The first-order valence-corrected chi connectivity index (χ1v) is 11.3. The summed E-state index contributed by atoms with van der Waals surface area (Å²) in [6, 6.07) is 20.0. The van der Waals surface area contributed by atoms with Crippen molar-refractivity contribution in [2.75, 3.05) is 7.11 Å². The van der Waals surface area contributed by atoms with E-state index in [-0.39, 0.29) is 0 Å². The molecule has 0 radical (unpaired) electrons. The number of nitrogens with one attached hydrogen (secondary N) is 1. The number of halogens is 3. The fourth-order valence-corrected chi connectivity index (χ4v) is 3.73. The van der Waals surface area contributed by atoms with E-state index < -0.39 is 0 Å². The van der Waals surface area contributed by atoms with Crippen LogP contribution in [0.25, 0.3) is 0 Å². The van der Waals surface area contributed by atoms with Crippen LogP contribution < -0.4 is 14.8 Å². The predicted molar refractivity (Wildman–Crippen MR) is 130 cm³/mol. The zero-order valence-corrected chi connectivity index (χ0v) is 19.9. The van der Waals surface area contributed by atoms with Crippen molar-refractivity contribution in [3.05, 3.63) is 92.4 Å².